The molecule has 0 N–H and O–H groups in total. The van der Waals surface area contributed by atoms with Crippen LogP contribution in [0.3, 0.4) is 0 Å². The fourth-order valence-electron chi connectivity index (χ4n) is 1.21. The molecule has 1 rings (SSSR count). The molecule has 0 aliphatic heterocycles. The summed E-state index contributed by atoms with van der Waals surface area (Å²) in [6.45, 7) is 5.08. The monoisotopic (exact) mass is 282 g/mol. The average Bonchev–Trinajstić information content (AvgIpc) is 2.34. The van der Waals surface area contributed by atoms with Crippen LogP contribution >= 0.6 is 0 Å². The number of benzene rings is 1. The van der Waals surface area contributed by atoms with Gasteiger partial charge in [0.1, 0.15) is 0 Å². The van der Waals surface area contributed by atoms with Crippen LogP contribution in [0, 0.1) is 5.41 Å². The SMILES string of the molecule is C[S@@](=O)c1ccc(C(=O)OCC(=O)C(C)(C)C)cc1. The number of hydrogen-bond acceptors (Lipinski definition) is 4. The summed E-state index contributed by atoms with van der Waals surface area (Å²) >= 11 is 0. The summed E-state index contributed by atoms with van der Waals surface area (Å²) in [6.07, 6.45) is 1.56. The zero-order chi connectivity index (χ0) is 14.6. The molecule has 0 aromatic heterocycles. The molecule has 0 aliphatic rings. The van der Waals surface area contributed by atoms with Gasteiger partial charge in [0.25, 0.3) is 0 Å². The molecule has 0 heterocycles. The molecule has 1 atom stereocenters. The Labute approximate surface area is 115 Å². The number of carbonyl (C=O) groups excluding carboxylic acids is 2. The van der Waals surface area contributed by atoms with Gasteiger partial charge >= 0.3 is 5.97 Å². The van der Waals surface area contributed by atoms with Crippen LogP contribution in [-0.4, -0.2) is 28.8 Å². The Morgan fingerprint density at radius 3 is 2.11 bits per heavy atom. The fraction of sp³-hybridized carbons (Fsp3) is 0.429. The molecule has 0 amide bonds. The van der Waals surface area contributed by atoms with E-state index in [4.69, 9.17) is 4.74 Å². The van der Waals surface area contributed by atoms with Gasteiger partial charge in [-0.05, 0) is 24.3 Å². The van der Waals surface area contributed by atoms with Gasteiger partial charge in [0.15, 0.2) is 12.4 Å². The molecule has 0 aliphatic carbocycles. The molecule has 1 aromatic rings. The van der Waals surface area contributed by atoms with E-state index in [0.29, 0.717) is 10.5 Å². The number of hydrogen-bond donors (Lipinski definition) is 0. The highest BCUT2D eigenvalue weighted by Gasteiger charge is 2.22. The van der Waals surface area contributed by atoms with Crippen LogP contribution in [0.15, 0.2) is 29.2 Å². The molecule has 4 nitrogen and oxygen atoms in total. The summed E-state index contributed by atoms with van der Waals surface area (Å²) in [5.41, 5.74) is -0.181. The Bertz CT molecular complexity index is 497. The topological polar surface area (TPSA) is 60.4 Å². The molecule has 0 saturated carbocycles. The molecule has 0 saturated heterocycles. The van der Waals surface area contributed by atoms with Gasteiger partial charge in [-0.3, -0.25) is 9.00 Å². The van der Waals surface area contributed by atoms with E-state index in [1.54, 1.807) is 51.3 Å². The lowest BCUT2D eigenvalue weighted by Gasteiger charge is -2.16. The van der Waals surface area contributed by atoms with Crippen LogP contribution in [0.4, 0.5) is 0 Å². The minimum atomic E-state index is -1.08. The number of esters is 1. The number of ether oxygens (including phenoxy) is 1. The van der Waals surface area contributed by atoms with E-state index in [1.165, 1.54) is 0 Å². The third-order valence-corrected chi connectivity index (χ3v) is 3.53. The molecular weight excluding hydrogens is 264 g/mol. The second-order valence-corrected chi connectivity index (χ2v) is 6.61. The van der Waals surface area contributed by atoms with Gasteiger partial charge in [0.05, 0.1) is 5.56 Å². The Balaban J connectivity index is 2.64. The first kappa shape index (κ1) is 15.6. The van der Waals surface area contributed by atoms with Crippen LogP contribution in [0.25, 0.3) is 0 Å². The molecule has 1 aromatic carbocycles. The molecule has 19 heavy (non-hydrogen) atoms. The zero-order valence-electron chi connectivity index (χ0n) is 11.6. The second-order valence-electron chi connectivity index (χ2n) is 5.23. The third-order valence-electron chi connectivity index (χ3n) is 2.59. The first-order valence-electron chi connectivity index (χ1n) is 5.86. The van der Waals surface area contributed by atoms with Crippen LogP contribution in [0.2, 0.25) is 0 Å². The van der Waals surface area contributed by atoms with E-state index >= 15 is 0 Å². The lowest BCUT2D eigenvalue weighted by Crippen LogP contribution is -2.26. The van der Waals surface area contributed by atoms with Crippen molar-refractivity contribution in [3.05, 3.63) is 29.8 Å². The van der Waals surface area contributed by atoms with Crippen molar-refractivity contribution in [2.45, 2.75) is 25.7 Å². The van der Waals surface area contributed by atoms with Crippen molar-refractivity contribution in [2.24, 2.45) is 5.41 Å². The Kier molecular flexibility index (Phi) is 5.00. The lowest BCUT2D eigenvalue weighted by molar-refractivity contribution is -0.129. The first-order chi connectivity index (χ1) is 8.71. The average molecular weight is 282 g/mol. The van der Waals surface area contributed by atoms with Crippen molar-refractivity contribution in [3.63, 3.8) is 0 Å². The van der Waals surface area contributed by atoms with Crippen LogP contribution in [0.1, 0.15) is 31.1 Å². The van der Waals surface area contributed by atoms with Crippen LogP contribution < -0.4 is 0 Å². The predicted molar refractivity (Wildman–Crippen MR) is 73.5 cm³/mol. The van der Waals surface area contributed by atoms with Crippen molar-refractivity contribution >= 4 is 22.6 Å². The number of Topliss-reactive ketones (excluding diaryl/α,β-unsaturated/α-hetero) is 1. The number of carbonyl (C=O) groups is 2. The third kappa shape index (κ3) is 4.59. The van der Waals surface area contributed by atoms with Crippen molar-refractivity contribution < 1.29 is 18.5 Å². The maximum atomic E-state index is 11.7. The summed E-state index contributed by atoms with van der Waals surface area (Å²) in [6, 6.07) is 6.30. The highest BCUT2D eigenvalue weighted by Crippen LogP contribution is 2.15. The first-order valence-corrected chi connectivity index (χ1v) is 7.41. The van der Waals surface area contributed by atoms with E-state index in [0.717, 1.165) is 0 Å². The molecule has 0 bridgehead atoms. The van der Waals surface area contributed by atoms with E-state index < -0.39 is 22.2 Å². The van der Waals surface area contributed by atoms with E-state index in [1.807, 2.05) is 0 Å². The molecule has 0 radical (unpaired) electrons. The largest absolute Gasteiger partial charge is 0.454 e. The van der Waals surface area contributed by atoms with Crippen molar-refractivity contribution in [1.82, 2.24) is 0 Å². The molecule has 0 unspecified atom stereocenters. The summed E-state index contributed by atoms with van der Waals surface area (Å²) in [5.74, 6) is -0.682. The van der Waals surface area contributed by atoms with Gasteiger partial charge in [0.2, 0.25) is 0 Å². The van der Waals surface area contributed by atoms with Crippen molar-refractivity contribution in [3.8, 4) is 0 Å². The zero-order valence-corrected chi connectivity index (χ0v) is 12.4. The quantitative estimate of drug-likeness (QED) is 0.794. The van der Waals surface area contributed by atoms with E-state index in [2.05, 4.69) is 0 Å². The molecule has 5 heteroatoms. The van der Waals surface area contributed by atoms with Gasteiger partial charge < -0.3 is 4.74 Å². The molecule has 104 valence electrons. The van der Waals surface area contributed by atoms with Crippen LogP contribution in [-0.2, 0) is 20.3 Å². The fourth-order valence-corrected chi connectivity index (χ4v) is 1.73. The minimum absolute atomic E-state index is 0.132. The standard InChI is InChI=1S/C14H18O4S/c1-14(2,3)12(15)9-18-13(16)10-5-7-11(8-6-10)19(4)17/h5-8H,9H2,1-4H3/t19-/m1/s1. The van der Waals surface area contributed by atoms with Gasteiger partial charge in [-0.1, -0.05) is 20.8 Å². The van der Waals surface area contributed by atoms with Crippen LogP contribution in [0.5, 0.6) is 0 Å². The Morgan fingerprint density at radius 2 is 1.68 bits per heavy atom. The normalized spacial score (nSPS) is 12.8. The summed E-state index contributed by atoms with van der Waals surface area (Å²) in [5, 5.41) is 0. The van der Waals surface area contributed by atoms with Gasteiger partial charge in [-0.2, -0.15) is 0 Å². The number of ketones is 1. The second kappa shape index (κ2) is 6.10. The predicted octanol–water partition coefficient (Wildman–Crippen LogP) is 2.20. The highest BCUT2D eigenvalue weighted by molar-refractivity contribution is 7.84. The maximum absolute atomic E-state index is 11.7. The molecule has 0 fully saturated rings. The Morgan fingerprint density at radius 1 is 1.16 bits per heavy atom. The minimum Gasteiger partial charge on any atom is -0.454 e. The summed E-state index contributed by atoms with van der Waals surface area (Å²) < 4.78 is 16.2. The van der Waals surface area contributed by atoms with E-state index in [-0.39, 0.29) is 12.4 Å². The van der Waals surface area contributed by atoms with Gasteiger partial charge in [0, 0.05) is 27.4 Å². The number of rotatable bonds is 4. The van der Waals surface area contributed by atoms with Gasteiger partial charge in [-0.15, -0.1) is 0 Å². The van der Waals surface area contributed by atoms with E-state index in [9.17, 15) is 13.8 Å². The van der Waals surface area contributed by atoms with Crippen molar-refractivity contribution in [1.29, 1.82) is 0 Å². The summed E-state index contributed by atoms with van der Waals surface area (Å²) in [4.78, 5) is 24.0. The highest BCUT2D eigenvalue weighted by atomic mass is 32.2. The Hall–Kier alpha value is -1.49. The lowest BCUT2D eigenvalue weighted by atomic mass is 9.91. The molecular formula is C14H18O4S. The smallest absolute Gasteiger partial charge is 0.338 e. The maximum Gasteiger partial charge on any atom is 0.338 e. The van der Waals surface area contributed by atoms with Crippen molar-refractivity contribution in [2.75, 3.05) is 12.9 Å². The van der Waals surface area contributed by atoms with Gasteiger partial charge in [-0.25, -0.2) is 4.79 Å². The molecule has 0 spiro atoms. The summed E-state index contributed by atoms with van der Waals surface area (Å²) in [7, 11) is -1.08.